The Morgan fingerprint density at radius 2 is 1.88 bits per heavy atom. The highest BCUT2D eigenvalue weighted by molar-refractivity contribution is 5.74. The van der Waals surface area contributed by atoms with Gasteiger partial charge in [-0.15, -0.1) is 0 Å². The third kappa shape index (κ3) is 2.81. The van der Waals surface area contributed by atoms with Crippen LogP contribution in [0, 0.1) is 0 Å². The lowest BCUT2D eigenvalue weighted by Gasteiger charge is -2.25. The van der Waals surface area contributed by atoms with Crippen molar-refractivity contribution in [3.8, 4) is 0 Å². The lowest BCUT2D eigenvalue weighted by atomic mass is 9.81. The van der Waals surface area contributed by atoms with Crippen LogP contribution in [0.2, 0.25) is 0 Å². The maximum absolute atomic E-state index is 5.85. The number of nitrogens with zero attached hydrogens (tertiary/aromatic N) is 4. The molecule has 5 heteroatoms. The third-order valence-corrected chi connectivity index (χ3v) is 4.93. The number of fused-ring (bicyclic) bond motifs is 2. The Hall–Kier alpha value is -2.30. The van der Waals surface area contributed by atoms with E-state index in [1.165, 1.54) is 16.8 Å². The van der Waals surface area contributed by atoms with Crippen LogP contribution in [0.3, 0.4) is 0 Å². The minimum Gasteiger partial charge on any atom is -0.422 e. The average Bonchev–Trinajstić information content (AvgIpc) is 3.05. The Bertz CT molecular complexity index is 913. The third-order valence-electron chi connectivity index (χ3n) is 4.93. The van der Waals surface area contributed by atoms with Gasteiger partial charge in [0.1, 0.15) is 11.3 Å². The second kappa shape index (κ2) is 6.21. The summed E-state index contributed by atoms with van der Waals surface area (Å²) < 4.78 is 5.85. The molecule has 3 heterocycles. The molecule has 0 aromatic carbocycles. The van der Waals surface area contributed by atoms with Crippen LogP contribution in [0.4, 0.5) is 0 Å². The number of hydrogen-bond acceptors (Lipinski definition) is 5. The second-order valence-corrected chi connectivity index (χ2v) is 7.49. The highest BCUT2D eigenvalue weighted by atomic mass is 16.4. The van der Waals surface area contributed by atoms with Crippen molar-refractivity contribution in [3.05, 3.63) is 47.0 Å². The van der Waals surface area contributed by atoms with Gasteiger partial charge in [0.2, 0.25) is 5.71 Å². The van der Waals surface area contributed by atoms with Crippen LogP contribution in [0.1, 0.15) is 86.8 Å². The van der Waals surface area contributed by atoms with Crippen molar-refractivity contribution in [1.29, 1.82) is 0 Å². The first-order valence-electron chi connectivity index (χ1n) is 9.15. The van der Waals surface area contributed by atoms with Crippen molar-refractivity contribution in [3.63, 3.8) is 0 Å². The highest BCUT2D eigenvalue weighted by Crippen LogP contribution is 2.38. The monoisotopic (exact) mass is 336 g/mol. The van der Waals surface area contributed by atoms with Gasteiger partial charge < -0.3 is 4.42 Å². The molecule has 5 nitrogen and oxygen atoms in total. The van der Waals surface area contributed by atoms with Gasteiger partial charge in [-0.3, -0.25) is 0 Å². The Labute approximate surface area is 147 Å². The van der Waals surface area contributed by atoms with E-state index in [0.717, 1.165) is 36.5 Å². The van der Waals surface area contributed by atoms with E-state index in [-0.39, 0.29) is 11.8 Å². The Balaban J connectivity index is 1.83. The van der Waals surface area contributed by atoms with E-state index in [0.29, 0.717) is 11.6 Å². The van der Waals surface area contributed by atoms with Crippen molar-refractivity contribution in [1.82, 2.24) is 19.9 Å². The van der Waals surface area contributed by atoms with Gasteiger partial charge in [-0.25, -0.2) is 19.9 Å². The SMILES string of the molecule is CC(C)c1ncc2c(n1)CCCC2c1ccnc2oc(C(C)C)nc12. The van der Waals surface area contributed by atoms with Gasteiger partial charge in [-0.05, 0) is 36.5 Å². The largest absolute Gasteiger partial charge is 0.422 e. The van der Waals surface area contributed by atoms with Crippen LogP contribution >= 0.6 is 0 Å². The standard InChI is InChI=1S/C20H24N4O/c1-11(2)18-22-10-15-13(6-5-7-16(15)23-18)14-8-9-21-20-17(14)24-19(25-20)12(3)4/h8-13H,5-7H2,1-4H3. The predicted octanol–water partition coefficient (Wildman–Crippen LogP) is 4.73. The Morgan fingerprint density at radius 3 is 2.64 bits per heavy atom. The molecule has 25 heavy (non-hydrogen) atoms. The summed E-state index contributed by atoms with van der Waals surface area (Å²) in [5.74, 6) is 2.54. The molecule has 130 valence electrons. The van der Waals surface area contributed by atoms with Crippen LogP contribution in [0.25, 0.3) is 11.2 Å². The van der Waals surface area contributed by atoms with Gasteiger partial charge in [0.15, 0.2) is 5.89 Å². The van der Waals surface area contributed by atoms with E-state index in [2.05, 4.69) is 43.7 Å². The van der Waals surface area contributed by atoms with Gasteiger partial charge >= 0.3 is 0 Å². The molecule has 0 N–H and O–H groups in total. The average molecular weight is 336 g/mol. The van der Waals surface area contributed by atoms with Gasteiger partial charge in [-0.1, -0.05) is 27.7 Å². The summed E-state index contributed by atoms with van der Waals surface area (Å²) in [6, 6.07) is 2.07. The zero-order valence-electron chi connectivity index (χ0n) is 15.3. The molecule has 1 aliphatic rings. The molecule has 0 spiro atoms. The number of aromatic nitrogens is 4. The summed E-state index contributed by atoms with van der Waals surface area (Å²) in [6.07, 6.45) is 7.09. The van der Waals surface area contributed by atoms with E-state index in [1.54, 1.807) is 0 Å². The minimum atomic E-state index is 0.248. The molecule has 0 aliphatic heterocycles. The Kier molecular flexibility index (Phi) is 4.02. The van der Waals surface area contributed by atoms with Crippen LogP contribution < -0.4 is 0 Å². The number of rotatable bonds is 3. The summed E-state index contributed by atoms with van der Waals surface area (Å²) in [5, 5.41) is 0. The zero-order valence-corrected chi connectivity index (χ0v) is 15.3. The van der Waals surface area contributed by atoms with Crippen LogP contribution in [-0.4, -0.2) is 19.9 Å². The van der Waals surface area contributed by atoms with Gasteiger partial charge in [0, 0.05) is 35.8 Å². The molecular weight excluding hydrogens is 312 g/mol. The minimum absolute atomic E-state index is 0.248. The van der Waals surface area contributed by atoms with E-state index < -0.39 is 0 Å². The first-order chi connectivity index (χ1) is 12.0. The fourth-order valence-corrected chi connectivity index (χ4v) is 3.56. The molecule has 4 rings (SSSR count). The van der Waals surface area contributed by atoms with Crippen molar-refractivity contribution in [2.24, 2.45) is 0 Å². The maximum atomic E-state index is 5.85. The predicted molar refractivity (Wildman–Crippen MR) is 96.8 cm³/mol. The molecule has 0 saturated carbocycles. The van der Waals surface area contributed by atoms with Gasteiger partial charge in [-0.2, -0.15) is 0 Å². The summed E-state index contributed by atoms with van der Waals surface area (Å²) in [5.41, 5.74) is 5.12. The van der Waals surface area contributed by atoms with E-state index in [4.69, 9.17) is 14.4 Å². The van der Waals surface area contributed by atoms with E-state index in [9.17, 15) is 0 Å². The molecule has 1 unspecified atom stereocenters. The molecule has 3 aromatic heterocycles. The fraction of sp³-hybridized carbons (Fsp3) is 0.500. The van der Waals surface area contributed by atoms with Crippen LogP contribution in [-0.2, 0) is 6.42 Å². The van der Waals surface area contributed by atoms with Crippen LogP contribution in [0.5, 0.6) is 0 Å². The number of oxazole rings is 1. The molecular formula is C20H24N4O. The second-order valence-electron chi connectivity index (χ2n) is 7.49. The van der Waals surface area contributed by atoms with Crippen LogP contribution in [0.15, 0.2) is 22.9 Å². The normalized spacial score (nSPS) is 17.4. The lowest BCUT2D eigenvalue weighted by Crippen LogP contribution is -2.15. The molecule has 0 bridgehead atoms. The molecule has 0 saturated heterocycles. The molecule has 3 aromatic rings. The van der Waals surface area contributed by atoms with Crippen molar-refractivity contribution >= 4 is 11.2 Å². The molecule has 0 fully saturated rings. The summed E-state index contributed by atoms with van der Waals surface area (Å²) >= 11 is 0. The molecule has 1 aliphatic carbocycles. The zero-order chi connectivity index (χ0) is 17.6. The van der Waals surface area contributed by atoms with Crippen molar-refractivity contribution < 1.29 is 4.42 Å². The molecule has 1 atom stereocenters. The number of hydrogen-bond donors (Lipinski definition) is 0. The lowest BCUT2D eigenvalue weighted by molar-refractivity contribution is 0.494. The van der Waals surface area contributed by atoms with Crippen molar-refractivity contribution in [2.45, 2.75) is 64.7 Å². The Morgan fingerprint density at radius 1 is 1.04 bits per heavy atom. The van der Waals surface area contributed by atoms with Gasteiger partial charge in [0.05, 0.1) is 0 Å². The van der Waals surface area contributed by atoms with E-state index in [1.807, 2.05) is 12.4 Å². The summed E-state index contributed by atoms with van der Waals surface area (Å²) in [4.78, 5) is 18.6. The topological polar surface area (TPSA) is 64.7 Å². The molecule has 0 amide bonds. The highest BCUT2D eigenvalue weighted by Gasteiger charge is 2.27. The maximum Gasteiger partial charge on any atom is 0.247 e. The molecule has 0 radical (unpaired) electrons. The summed E-state index contributed by atoms with van der Waals surface area (Å²) in [6.45, 7) is 8.44. The van der Waals surface area contributed by atoms with Gasteiger partial charge in [0.25, 0.3) is 0 Å². The quantitative estimate of drug-likeness (QED) is 0.692. The smallest absolute Gasteiger partial charge is 0.247 e. The first kappa shape index (κ1) is 16.2. The van der Waals surface area contributed by atoms with E-state index >= 15 is 0 Å². The first-order valence-corrected chi connectivity index (χ1v) is 9.15. The fourth-order valence-electron chi connectivity index (χ4n) is 3.56. The number of aryl methyl sites for hydroxylation is 1. The number of pyridine rings is 1. The van der Waals surface area contributed by atoms with Crippen molar-refractivity contribution in [2.75, 3.05) is 0 Å². The summed E-state index contributed by atoms with van der Waals surface area (Å²) in [7, 11) is 0.